The number of nitrogens with one attached hydrogen (secondary N) is 1. The third kappa shape index (κ3) is 4.81. The third-order valence-corrected chi connectivity index (χ3v) is 4.19. The molecule has 0 spiro atoms. The van der Waals surface area contributed by atoms with Gasteiger partial charge in [0.05, 0.1) is 12.8 Å². The molecule has 1 aromatic heterocycles. The number of anilines is 2. The number of aromatic nitrogens is 2. The number of carbonyl (C=O) groups excluding carboxylic acids is 1. The first-order valence-corrected chi connectivity index (χ1v) is 8.93. The number of terminal acetylenes is 1. The van der Waals surface area contributed by atoms with E-state index in [0.717, 1.165) is 24.4 Å². The fourth-order valence-corrected chi connectivity index (χ4v) is 2.80. The minimum atomic E-state index is -3.14. The summed E-state index contributed by atoms with van der Waals surface area (Å²) >= 11 is 0. The molecule has 5 N–H and O–H groups in total. The zero-order chi connectivity index (χ0) is 23.3. The van der Waals surface area contributed by atoms with Gasteiger partial charge in [-0.1, -0.05) is 5.92 Å². The van der Waals surface area contributed by atoms with Gasteiger partial charge in [0, 0.05) is 11.3 Å². The molecule has 0 fully saturated rings. The summed E-state index contributed by atoms with van der Waals surface area (Å²) in [6.45, 7) is -0.825. The molecule has 1 atom stereocenters. The lowest BCUT2D eigenvalue weighted by atomic mass is 9.90. The van der Waals surface area contributed by atoms with Crippen LogP contribution in [0.5, 0.6) is 11.8 Å². The smallest absolute Gasteiger partial charge is 0.418 e. The normalized spacial score (nSPS) is 17.9. The van der Waals surface area contributed by atoms with Crippen molar-refractivity contribution in [2.24, 2.45) is 10.7 Å². The molecule has 168 valence electrons. The standard InChI is InChI=1S/C19H17F3N6O4/c1-2-5-31-14-7-25-16(15(24)27-14)32-18(29)26-10-3-4-12(20)11(6-10)19(17(21)22)9-30-8-13(23)28-19/h1,3-4,6-7,17H,5,8-9H2,(H2,23,28)(H2,24,27)(H,26,29)/t19-/m0/s1. The molecule has 0 radical (unpaired) electrons. The van der Waals surface area contributed by atoms with E-state index in [9.17, 15) is 18.0 Å². The van der Waals surface area contributed by atoms with Gasteiger partial charge in [0.2, 0.25) is 5.88 Å². The van der Waals surface area contributed by atoms with Crippen LogP contribution in [0.1, 0.15) is 5.56 Å². The van der Waals surface area contributed by atoms with E-state index in [4.69, 9.17) is 32.1 Å². The number of hydrogen-bond acceptors (Lipinski definition) is 9. The molecular formula is C19H17F3N6O4. The molecule has 0 aliphatic carbocycles. The fraction of sp³-hybridized carbons (Fsp3) is 0.263. The summed E-state index contributed by atoms with van der Waals surface area (Å²) in [5, 5.41) is 2.27. The molecule has 3 rings (SSSR count). The van der Waals surface area contributed by atoms with E-state index in [0.29, 0.717) is 0 Å². The van der Waals surface area contributed by atoms with Crippen molar-refractivity contribution in [1.29, 1.82) is 0 Å². The van der Waals surface area contributed by atoms with Crippen molar-refractivity contribution in [3.05, 3.63) is 35.8 Å². The van der Waals surface area contributed by atoms with Gasteiger partial charge >= 0.3 is 6.09 Å². The molecular weight excluding hydrogens is 433 g/mol. The highest BCUT2D eigenvalue weighted by Crippen LogP contribution is 2.38. The lowest BCUT2D eigenvalue weighted by molar-refractivity contribution is -0.0145. The number of halogens is 3. The van der Waals surface area contributed by atoms with Gasteiger partial charge in [0.1, 0.15) is 18.3 Å². The average Bonchev–Trinajstić information content (AvgIpc) is 2.75. The first-order chi connectivity index (χ1) is 15.2. The molecule has 32 heavy (non-hydrogen) atoms. The number of hydrogen-bond donors (Lipinski definition) is 3. The minimum absolute atomic E-state index is 0.0169. The maximum absolute atomic E-state index is 14.4. The van der Waals surface area contributed by atoms with Crippen LogP contribution in [0.25, 0.3) is 0 Å². The molecule has 1 aliphatic heterocycles. The van der Waals surface area contributed by atoms with Gasteiger partial charge in [-0.25, -0.2) is 22.9 Å². The van der Waals surface area contributed by atoms with Gasteiger partial charge in [0.25, 0.3) is 12.3 Å². The molecule has 13 heteroatoms. The van der Waals surface area contributed by atoms with Gasteiger partial charge in [-0.2, -0.15) is 4.98 Å². The number of nitrogens with two attached hydrogens (primary N) is 2. The molecule has 0 saturated carbocycles. The summed E-state index contributed by atoms with van der Waals surface area (Å²) in [6, 6.07) is 3.02. The highest BCUT2D eigenvalue weighted by molar-refractivity contribution is 5.87. The monoisotopic (exact) mass is 450 g/mol. The Morgan fingerprint density at radius 3 is 2.84 bits per heavy atom. The van der Waals surface area contributed by atoms with E-state index >= 15 is 0 Å². The molecule has 0 unspecified atom stereocenters. The number of alkyl halides is 2. The first kappa shape index (κ1) is 22.6. The molecule has 0 saturated heterocycles. The molecule has 2 heterocycles. The number of aliphatic imine (C=N–C) groups is 1. The average molecular weight is 450 g/mol. The predicted octanol–water partition coefficient (Wildman–Crippen LogP) is 1.67. The number of nitrogens with zero attached hydrogens (tertiary/aromatic N) is 3. The second-order valence-electron chi connectivity index (χ2n) is 6.42. The quantitative estimate of drug-likeness (QED) is 0.563. The predicted molar refractivity (Wildman–Crippen MR) is 107 cm³/mol. The number of amidine groups is 1. The van der Waals surface area contributed by atoms with Crippen LogP contribution in [0.2, 0.25) is 0 Å². The Hall–Kier alpha value is -4.05. The van der Waals surface area contributed by atoms with E-state index < -0.39 is 36.0 Å². The highest BCUT2D eigenvalue weighted by Gasteiger charge is 2.46. The van der Waals surface area contributed by atoms with Crippen LogP contribution >= 0.6 is 0 Å². The SMILES string of the molecule is C#CCOc1cnc(OC(=O)Nc2ccc(F)c([C@]3(C(F)F)COCC(N)=N3)c2)c(N)n1. The molecule has 2 aromatic rings. The molecule has 1 amide bonds. The van der Waals surface area contributed by atoms with Crippen LogP contribution in [0, 0.1) is 18.2 Å². The van der Waals surface area contributed by atoms with Gasteiger partial charge in [-0.15, -0.1) is 6.42 Å². The largest absolute Gasteiger partial charge is 0.463 e. The van der Waals surface area contributed by atoms with Crippen molar-refractivity contribution < 1.29 is 32.2 Å². The number of benzene rings is 1. The van der Waals surface area contributed by atoms with Gasteiger partial charge in [-0.3, -0.25) is 10.3 Å². The fourth-order valence-electron chi connectivity index (χ4n) is 2.80. The summed E-state index contributed by atoms with van der Waals surface area (Å²) < 4.78 is 57.3. The van der Waals surface area contributed by atoms with E-state index in [1.165, 1.54) is 0 Å². The zero-order valence-electron chi connectivity index (χ0n) is 16.3. The molecule has 10 nitrogen and oxygen atoms in total. The summed E-state index contributed by atoms with van der Waals surface area (Å²) in [5.41, 5.74) is 8.25. The topological polar surface area (TPSA) is 147 Å². The molecule has 0 bridgehead atoms. The maximum atomic E-state index is 14.4. The van der Waals surface area contributed by atoms with Crippen LogP contribution in [0.3, 0.4) is 0 Å². The Labute approximate surface area is 179 Å². The van der Waals surface area contributed by atoms with Crippen molar-refractivity contribution >= 4 is 23.4 Å². The van der Waals surface area contributed by atoms with Crippen molar-refractivity contribution in [2.75, 3.05) is 30.9 Å². The summed E-state index contributed by atoms with van der Waals surface area (Å²) in [4.78, 5) is 23.6. The third-order valence-electron chi connectivity index (χ3n) is 4.19. The Kier molecular flexibility index (Phi) is 6.64. The first-order valence-electron chi connectivity index (χ1n) is 8.93. The van der Waals surface area contributed by atoms with Crippen LogP contribution in [0.15, 0.2) is 29.4 Å². The Morgan fingerprint density at radius 1 is 1.41 bits per heavy atom. The number of rotatable bonds is 6. The van der Waals surface area contributed by atoms with Crippen LogP contribution in [-0.2, 0) is 10.3 Å². The highest BCUT2D eigenvalue weighted by atomic mass is 19.3. The summed E-state index contributed by atoms with van der Waals surface area (Å²) in [7, 11) is 0. The number of carbonyl (C=O) groups is 1. The van der Waals surface area contributed by atoms with Gasteiger partial charge < -0.3 is 25.7 Å². The molecule has 1 aromatic carbocycles. The second kappa shape index (κ2) is 9.40. The lowest BCUT2D eigenvalue weighted by Gasteiger charge is -2.33. The lowest BCUT2D eigenvalue weighted by Crippen LogP contribution is -2.45. The van der Waals surface area contributed by atoms with Crippen LogP contribution < -0.4 is 26.3 Å². The Morgan fingerprint density at radius 2 is 2.19 bits per heavy atom. The maximum Gasteiger partial charge on any atom is 0.418 e. The van der Waals surface area contributed by atoms with E-state index in [1.54, 1.807) is 0 Å². The Bertz CT molecular complexity index is 1090. The number of nitrogen functional groups attached to an aromatic ring is 1. The van der Waals surface area contributed by atoms with E-state index in [-0.39, 0.29) is 42.3 Å². The molecule has 1 aliphatic rings. The van der Waals surface area contributed by atoms with Crippen molar-refractivity contribution in [3.8, 4) is 24.1 Å². The van der Waals surface area contributed by atoms with Gasteiger partial charge in [0.15, 0.2) is 18.0 Å². The Balaban J connectivity index is 1.80. The minimum Gasteiger partial charge on any atom is -0.463 e. The summed E-state index contributed by atoms with van der Waals surface area (Å²) in [5.74, 6) is 0.439. The summed E-state index contributed by atoms with van der Waals surface area (Å²) in [6.07, 6.45) is 1.97. The second-order valence-corrected chi connectivity index (χ2v) is 6.42. The zero-order valence-corrected chi connectivity index (χ0v) is 16.3. The van der Waals surface area contributed by atoms with E-state index in [2.05, 4.69) is 26.2 Å². The van der Waals surface area contributed by atoms with E-state index in [1.807, 2.05) is 0 Å². The number of amides is 1. The van der Waals surface area contributed by atoms with Crippen molar-refractivity contribution in [2.45, 2.75) is 12.0 Å². The van der Waals surface area contributed by atoms with Crippen LogP contribution in [0.4, 0.5) is 29.5 Å². The van der Waals surface area contributed by atoms with Crippen LogP contribution in [-0.4, -0.2) is 48.1 Å². The van der Waals surface area contributed by atoms with Gasteiger partial charge in [-0.05, 0) is 18.2 Å². The number of ether oxygens (including phenoxy) is 3. The van der Waals surface area contributed by atoms with Crippen molar-refractivity contribution in [1.82, 2.24) is 9.97 Å². The van der Waals surface area contributed by atoms with Crippen molar-refractivity contribution in [3.63, 3.8) is 0 Å².